The Morgan fingerprint density at radius 1 is 0.462 bits per heavy atom. The molecule has 3 atom stereocenters. The van der Waals surface area contributed by atoms with Gasteiger partial charge in [-0.25, -0.2) is 0 Å². The first-order valence-corrected chi connectivity index (χ1v) is 17.4. The molecule has 0 aliphatic heterocycles. The van der Waals surface area contributed by atoms with Gasteiger partial charge in [0.05, 0.1) is 12.2 Å². The van der Waals surface area contributed by atoms with Gasteiger partial charge in [0.1, 0.15) is 0 Å². The van der Waals surface area contributed by atoms with Gasteiger partial charge in [-0.1, -0.05) is 155 Å². The minimum atomic E-state index is -0.601. The largest absolute Gasteiger partial charge is 0.481 e. The third-order valence-electron chi connectivity index (χ3n) is 7.90. The zero-order valence-corrected chi connectivity index (χ0v) is 27.1. The minimum absolute atomic E-state index is 0.274. The number of carbonyl (C=O) groups is 1. The van der Waals surface area contributed by atoms with Crippen LogP contribution >= 0.6 is 0 Å². The zero-order chi connectivity index (χ0) is 29.4. The molecule has 0 aromatic heterocycles. The van der Waals surface area contributed by atoms with Crippen LogP contribution in [0.1, 0.15) is 201 Å². The molecule has 0 fully saturated rings. The van der Waals surface area contributed by atoms with Crippen molar-refractivity contribution in [3.8, 4) is 0 Å². The van der Waals surface area contributed by atoms with E-state index < -0.39 is 5.97 Å². The van der Waals surface area contributed by atoms with Gasteiger partial charge in [-0.3, -0.25) is 4.79 Å². The maximum Gasteiger partial charge on any atom is 0.303 e. The van der Waals surface area contributed by atoms with Gasteiger partial charge in [0.25, 0.3) is 0 Å². The van der Waals surface area contributed by atoms with Gasteiger partial charge in [-0.05, 0) is 45.4 Å². The number of carboxylic acids is 1. The molecule has 0 heterocycles. The normalized spacial score (nSPS) is 13.5. The van der Waals surface area contributed by atoms with Crippen LogP contribution in [0.15, 0.2) is 0 Å². The summed E-state index contributed by atoms with van der Waals surface area (Å²) < 4.78 is 0. The van der Waals surface area contributed by atoms with Crippen LogP contribution in [0.25, 0.3) is 0 Å². The lowest BCUT2D eigenvalue weighted by atomic mass is 9.91. The summed E-state index contributed by atoms with van der Waals surface area (Å²) in [5.41, 5.74) is 0. The van der Waals surface area contributed by atoms with Crippen LogP contribution in [0.4, 0.5) is 0 Å². The van der Waals surface area contributed by atoms with Crippen LogP contribution in [0.3, 0.4) is 0 Å². The molecule has 0 rings (SSSR count). The number of aliphatic hydroxyl groups is 2. The summed E-state index contributed by atoms with van der Waals surface area (Å²) in [6, 6.07) is 0. The lowest BCUT2D eigenvalue weighted by molar-refractivity contribution is -0.138. The van der Waals surface area contributed by atoms with Gasteiger partial charge in [0.2, 0.25) is 0 Å². The van der Waals surface area contributed by atoms with Gasteiger partial charge in [-0.2, -0.15) is 0 Å². The fourth-order valence-electron chi connectivity index (χ4n) is 5.27. The molecule has 0 saturated carbocycles. The van der Waals surface area contributed by atoms with Crippen molar-refractivity contribution in [1.82, 2.24) is 0 Å². The van der Waals surface area contributed by atoms with Gasteiger partial charge in [0, 0.05) is 6.42 Å². The molecular formula is C35H72O4. The van der Waals surface area contributed by atoms with E-state index in [2.05, 4.69) is 13.8 Å². The average molecular weight is 557 g/mol. The Labute approximate surface area is 245 Å². The van der Waals surface area contributed by atoms with E-state index >= 15 is 0 Å². The van der Waals surface area contributed by atoms with Crippen LogP contribution in [0.5, 0.6) is 0 Å². The highest BCUT2D eigenvalue weighted by atomic mass is 16.4. The topological polar surface area (TPSA) is 77.8 Å². The van der Waals surface area contributed by atoms with Crippen molar-refractivity contribution >= 4 is 5.97 Å². The van der Waals surface area contributed by atoms with E-state index in [-0.39, 0.29) is 12.2 Å². The Morgan fingerprint density at radius 2 is 0.718 bits per heavy atom. The SMILES string of the molecule is CC(O)CCC(C)O.CCCCCCCCCCCCCCC(CCCCCCCCCCCC)CC(=O)O. The van der Waals surface area contributed by atoms with E-state index in [9.17, 15) is 9.90 Å². The average Bonchev–Trinajstić information content (AvgIpc) is 2.89. The lowest BCUT2D eigenvalue weighted by Crippen LogP contribution is -2.08. The Bertz CT molecular complexity index is 456. The Morgan fingerprint density at radius 3 is 0.949 bits per heavy atom. The van der Waals surface area contributed by atoms with Crippen LogP contribution in [0.2, 0.25) is 0 Å². The van der Waals surface area contributed by atoms with Gasteiger partial charge in [-0.15, -0.1) is 0 Å². The number of hydrogen-bond acceptors (Lipinski definition) is 3. The fourth-order valence-corrected chi connectivity index (χ4v) is 5.27. The molecule has 0 aliphatic rings. The number of hydrogen-bond donors (Lipinski definition) is 3. The molecule has 0 bridgehead atoms. The van der Waals surface area contributed by atoms with E-state index in [0.717, 1.165) is 12.8 Å². The molecule has 0 aromatic rings. The molecule has 4 nitrogen and oxygen atoms in total. The van der Waals surface area contributed by atoms with Crippen molar-refractivity contribution in [3.05, 3.63) is 0 Å². The van der Waals surface area contributed by atoms with E-state index in [0.29, 0.717) is 25.2 Å². The summed E-state index contributed by atoms with van der Waals surface area (Å²) in [7, 11) is 0. The van der Waals surface area contributed by atoms with Crippen molar-refractivity contribution in [2.45, 2.75) is 213 Å². The highest BCUT2D eigenvalue weighted by Crippen LogP contribution is 2.22. The van der Waals surface area contributed by atoms with Gasteiger partial charge < -0.3 is 15.3 Å². The highest BCUT2D eigenvalue weighted by molar-refractivity contribution is 5.66. The molecule has 0 spiro atoms. The Hall–Kier alpha value is -0.610. The van der Waals surface area contributed by atoms with Gasteiger partial charge >= 0.3 is 5.97 Å². The van der Waals surface area contributed by atoms with E-state index in [1.807, 2.05) is 0 Å². The van der Waals surface area contributed by atoms with Crippen molar-refractivity contribution in [2.75, 3.05) is 0 Å². The molecule has 3 unspecified atom stereocenters. The van der Waals surface area contributed by atoms with Crippen molar-refractivity contribution in [1.29, 1.82) is 0 Å². The molecule has 0 amide bonds. The minimum Gasteiger partial charge on any atom is -0.481 e. The third-order valence-corrected chi connectivity index (χ3v) is 7.90. The second-order valence-corrected chi connectivity index (χ2v) is 12.4. The smallest absolute Gasteiger partial charge is 0.303 e. The van der Waals surface area contributed by atoms with E-state index in [1.165, 1.54) is 141 Å². The standard InChI is InChI=1S/C29H58O2.C6H14O2/c1-3-5-7-9-11-13-15-16-18-20-22-24-26-28(27-29(30)31)25-23-21-19-17-14-12-10-8-6-4-2;1-5(7)3-4-6(2)8/h28H,3-27H2,1-2H3,(H,30,31);5-8H,3-4H2,1-2H3. The van der Waals surface area contributed by atoms with Crippen molar-refractivity contribution < 1.29 is 20.1 Å². The van der Waals surface area contributed by atoms with E-state index in [4.69, 9.17) is 10.2 Å². The Kier molecular flexibility index (Phi) is 34.9. The summed E-state index contributed by atoms with van der Waals surface area (Å²) in [5.74, 6) is -0.189. The predicted molar refractivity (Wildman–Crippen MR) is 170 cm³/mol. The fraction of sp³-hybridized carbons (Fsp3) is 0.971. The van der Waals surface area contributed by atoms with Crippen LogP contribution in [0, 0.1) is 5.92 Å². The van der Waals surface area contributed by atoms with Crippen LogP contribution in [-0.4, -0.2) is 33.5 Å². The number of rotatable bonds is 29. The maximum absolute atomic E-state index is 11.2. The molecule has 0 saturated heterocycles. The number of aliphatic hydroxyl groups excluding tert-OH is 2. The highest BCUT2D eigenvalue weighted by Gasteiger charge is 2.12. The molecule has 0 aliphatic carbocycles. The number of aliphatic carboxylic acids is 1. The first-order valence-electron chi connectivity index (χ1n) is 17.4. The summed E-state index contributed by atoms with van der Waals surface area (Å²) in [6.07, 6.45) is 33.5. The van der Waals surface area contributed by atoms with Gasteiger partial charge in [0.15, 0.2) is 0 Å². The summed E-state index contributed by atoms with van der Waals surface area (Å²) in [5, 5.41) is 26.6. The molecule has 3 N–H and O–H groups in total. The third kappa shape index (κ3) is 39.6. The van der Waals surface area contributed by atoms with Crippen LogP contribution < -0.4 is 0 Å². The predicted octanol–water partition coefficient (Wildman–Crippen LogP) is 11.0. The van der Waals surface area contributed by atoms with E-state index in [1.54, 1.807) is 13.8 Å². The first kappa shape index (κ1) is 40.5. The zero-order valence-electron chi connectivity index (χ0n) is 27.1. The van der Waals surface area contributed by atoms with Crippen LogP contribution in [-0.2, 0) is 4.79 Å². The molecule has 236 valence electrons. The first-order chi connectivity index (χ1) is 18.8. The molecule has 4 heteroatoms. The summed E-state index contributed by atoms with van der Waals surface area (Å²) >= 11 is 0. The number of unbranched alkanes of at least 4 members (excludes halogenated alkanes) is 20. The summed E-state index contributed by atoms with van der Waals surface area (Å²) in [6.45, 7) is 8.00. The summed E-state index contributed by atoms with van der Waals surface area (Å²) in [4.78, 5) is 11.2. The second-order valence-electron chi connectivity index (χ2n) is 12.4. The monoisotopic (exact) mass is 557 g/mol. The molecule has 0 radical (unpaired) electrons. The molecule has 39 heavy (non-hydrogen) atoms. The lowest BCUT2D eigenvalue weighted by Gasteiger charge is -2.14. The number of carboxylic acid groups (broad SMARTS) is 1. The van der Waals surface area contributed by atoms with Crippen molar-refractivity contribution in [2.24, 2.45) is 5.92 Å². The quantitative estimate of drug-likeness (QED) is 0.0800. The molecular weight excluding hydrogens is 484 g/mol. The van der Waals surface area contributed by atoms with Crippen molar-refractivity contribution in [3.63, 3.8) is 0 Å². The molecule has 0 aromatic carbocycles. The Balaban J connectivity index is 0. The maximum atomic E-state index is 11.2. The second kappa shape index (κ2) is 33.6.